The molecule has 0 N–H and O–H groups in total. The van der Waals surface area contributed by atoms with E-state index in [-0.39, 0.29) is 11.9 Å². The first kappa shape index (κ1) is 18.9. The van der Waals surface area contributed by atoms with Gasteiger partial charge in [-0.2, -0.15) is 0 Å². The Morgan fingerprint density at radius 1 is 1.12 bits per heavy atom. The van der Waals surface area contributed by atoms with E-state index in [1.54, 1.807) is 7.05 Å². The van der Waals surface area contributed by atoms with Gasteiger partial charge in [-0.1, -0.05) is 0 Å². The molecule has 3 rings (SSSR count). The standard InChI is InChI=1S/C17H29N6O3/c1-5-26-11-10-23-13(12-22-8-6-19(2)7-9-22)18-15-14(23)16(24)21(4)17(25)20(15)3/h14H,5-12H2,1-4H3/q+1. The lowest BCUT2D eigenvalue weighted by atomic mass is 10.1. The van der Waals surface area contributed by atoms with Gasteiger partial charge in [-0.05, 0) is 19.0 Å². The smallest absolute Gasteiger partial charge is 0.333 e. The van der Waals surface area contributed by atoms with Gasteiger partial charge in [-0.3, -0.25) is 19.5 Å². The number of ether oxygens (including phenoxy) is 1. The van der Waals surface area contributed by atoms with Crippen molar-refractivity contribution in [2.24, 2.45) is 4.99 Å². The molecule has 9 nitrogen and oxygen atoms in total. The molecule has 1 unspecified atom stereocenters. The number of hydrogen-bond donors (Lipinski definition) is 0. The number of amidine groups is 2. The highest BCUT2D eigenvalue weighted by Crippen LogP contribution is 2.19. The van der Waals surface area contributed by atoms with E-state index in [4.69, 9.17) is 9.73 Å². The zero-order chi connectivity index (χ0) is 18.8. The van der Waals surface area contributed by atoms with Crippen LogP contribution in [0.5, 0.6) is 0 Å². The average Bonchev–Trinajstić information content (AvgIpc) is 2.99. The van der Waals surface area contributed by atoms with Crippen LogP contribution < -0.4 is 0 Å². The second-order valence-corrected chi connectivity index (χ2v) is 7.00. The van der Waals surface area contributed by atoms with Crippen molar-refractivity contribution in [1.29, 1.82) is 0 Å². The minimum Gasteiger partial charge on any atom is -0.378 e. The third kappa shape index (κ3) is 3.51. The van der Waals surface area contributed by atoms with Crippen LogP contribution >= 0.6 is 0 Å². The molecule has 2 saturated heterocycles. The summed E-state index contributed by atoms with van der Waals surface area (Å²) in [6.07, 6.45) is 0. The number of hydrogen-bond acceptors (Lipinski definition) is 6. The predicted octanol–water partition coefficient (Wildman–Crippen LogP) is -1.01. The van der Waals surface area contributed by atoms with Gasteiger partial charge in [0.1, 0.15) is 13.1 Å². The molecule has 3 amide bonds. The van der Waals surface area contributed by atoms with Crippen LogP contribution in [0.1, 0.15) is 6.92 Å². The fraction of sp³-hybridized carbons (Fsp3) is 0.765. The van der Waals surface area contributed by atoms with Gasteiger partial charge in [0.2, 0.25) is 0 Å². The zero-order valence-electron chi connectivity index (χ0n) is 16.1. The molecule has 3 aliphatic heterocycles. The van der Waals surface area contributed by atoms with Gasteiger partial charge in [0.15, 0.2) is 0 Å². The molecule has 2 fully saturated rings. The molecule has 0 bridgehead atoms. The Labute approximate surface area is 154 Å². The van der Waals surface area contributed by atoms with Crippen molar-refractivity contribution in [3.63, 3.8) is 0 Å². The van der Waals surface area contributed by atoms with Crippen molar-refractivity contribution in [1.82, 2.24) is 19.6 Å². The van der Waals surface area contributed by atoms with Crippen LogP contribution in [0.25, 0.3) is 0 Å². The van der Waals surface area contributed by atoms with Gasteiger partial charge in [0.05, 0.1) is 6.61 Å². The van der Waals surface area contributed by atoms with Crippen molar-refractivity contribution >= 4 is 23.6 Å². The van der Waals surface area contributed by atoms with Gasteiger partial charge in [-0.15, -0.1) is 0 Å². The Bertz CT molecular complexity index is 638. The summed E-state index contributed by atoms with van der Waals surface area (Å²) in [5.74, 6) is 1.15. The van der Waals surface area contributed by atoms with Crippen LogP contribution in [-0.4, -0.2) is 127 Å². The number of carbonyl (C=O) groups excluding carboxylic acids is 2. The predicted molar refractivity (Wildman–Crippen MR) is 97.7 cm³/mol. The van der Waals surface area contributed by atoms with Crippen LogP contribution in [-0.2, 0) is 9.53 Å². The summed E-state index contributed by atoms with van der Waals surface area (Å²) in [6.45, 7) is 8.35. The molecule has 0 aromatic carbocycles. The number of aliphatic imine (C=N–C) groups is 1. The number of imide groups is 1. The number of carbonyl (C=O) groups is 2. The molecule has 1 atom stereocenters. The average molecular weight is 365 g/mol. The van der Waals surface area contributed by atoms with Gasteiger partial charge in [0.25, 0.3) is 17.8 Å². The number of piperazine rings is 1. The highest BCUT2D eigenvalue weighted by atomic mass is 16.5. The first-order valence-electron chi connectivity index (χ1n) is 9.19. The SMILES string of the molecule is CCOCC[N+]1=C(CN2CCN(C)CC2)N=C2C1C(=O)N(C)C(=O)N2C. The van der Waals surface area contributed by atoms with Crippen molar-refractivity contribution in [3.05, 3.63) is 0 Å². The van der Waals surface area contributed by atoms with Crippen LogP contribution in [0.3, 0.4) is 0 Å². The maximum Gasteiger partial charge on any atom is 0.333 e. The second kappa shape index (κ2) is 7.81. The van der Waals surface area contributed by atoms with E-state index in [1.165, 1.54) is 16.8 Å². The number of likely N-dealkylation sites (N-methyl/N-ethyl adjacent to an activating group) is 3. The Kier molecular flexibility index (Phi) is 5.69. The molecular weight excluding hydrogens is 336 g/mol. The quantitative estimate of drug-likeness (QED) is 0.445. The highest BCUT2D eigenvalue weighted by Gasteiger charge is 2.52. The minimum absolute atomic E-state index is 0.225. The Hall–Kier alpha value is -1.84. The minimum atomic E-state index is -0.536. The maximum absolute atomic E-state index is 12.8. The van der Waals surface area contributed by atoms with Crippen LogP contribution in [0, 0.1) is 0 Å². The Morgan fingerprint density at radius 2 is 1.81 bits per heavy atom. The van der Waals surface area contributed by atoms with Crippen molar-refractivity contribution in [3.8, 4) is 0 Å². The number of fused-ring (bicyclic) bond motifs is 1. The van der Waals surface area contributed by atoms with Gasteiger partial charge >= 0.3 is 11.9 Å². The topological polar surface area (TPSA) is 71.7 Å². The lowest BCUT2D eigenvalue weighted by molar-refractivity contribution is -0.539. The zero-order valence-corrected chi connectivity index (χ0v) is 16.1. The van der Waals surface area contributed by atoms with Gasteiger partial charge in [0, 0.05) is 46.9 Å². The molecular formula is C17H29N6O3+. The van der Waals surface area contributed by atoms with E-state index in [0.29, 0.717) is 32.1 Å². The summed E-state index contributed by atoms with van der Waals surface area (Å²) in [5.41, 5.74) is 0. The van der Waals surface area contributed by atoms with E-state index in [9.17, 15) is 9.59 Å². The summed E-state index contributed by atoms with van der Waals surface area (Å²) < 4.78 is 7.51. The largest absolute Gasteiger partial charge is 0.378 e. The number of amides is 3. The van der Waals surface area contributed by atoms with Crippen LogP contribution in [0.15, 0.2) is 4.99 Å². The first-order chi connectivity index (χ1) is 12.4. The van der Waals surface area contributed by atoms with E-state index in [1.807, 2.05) is 11.5 Å². The fourth-order valence-corrected chi connectivity index (χ4v) is 3.55. The van der Waals surface area contributed by atoms with E-state index < -0.39 is 6.04 Å². The summed E-state index contributed by atoms with van der Waals surface area (Å²) in [7, 11) is 5.33. The van der Waals surface area contributed by atoms with E-state index >= 15 is 0 Å². The molecule has 0 radical (unpaired) electrons. The second-order valence-electron chi connectivity index (χ2n) is 7.00. The molecule has 26 heavy (non-hydrogen) atoms. The molecule has 9 heteroatoms. The van der Waals surface area contributed by atoms with E-state index in [2.05, 4.69) is 16.8 Å². The summed E-state index contributed by atoms with van der Waals surface area (Å²) in [5, 5.41) is 0. The van der Waals surface area contributed by atoms with Crippen molar-refractivity contribution in [2.75, 3.05) is 73.6 Å². The van der Waals surface area contributed by atoms with Crippen molar-refractivity contribution < 1.29 is 18.9 Å². The van der Waals surface area contributed by atoms with Gasteiger partial charge in [-0.25, -0.2) is 9.37 Å². The Balaban J connectivity index is 1.85. The molecule has 3 heterocycles. The molecule has 3 aliphatic rings. The lowest BCUT2D eigenvalue weighted by Gasteiger charge is -2.31. The monoisotopic (exact) mass is 365 g/mol. The Morgan fingerprint density at radius 3 is 2.46 bits per heavy atom. The molecule has 144 valence electrons. The summed E-state index contributed by atoms with van der Waals surface area (Å²) in [6, 6.07) is -0.874. The summed E-state index contributed by atoms with van der Waals surface area (Å²) in [4.78, 5) is 37.0. The number of nitrogens with zero attached hydrogens (tertiary/aromatic N) is 6. The third-order valence-corrected chi connectivity index (χ3v) is 5.25. The maximum atomic E-state index is 12.8. The molecule has 0 aliphatic carbocycles. The van der Waals surface area contributed by atoms with Crippen LogP contribution in [0.4, 0.5) is 4.79 Å². The van der Waals surface area contributed by atoms with Gasteiger partial charge < -0.3 is 9.64 Å². The van der Waals surface area contributed by atoms with E-state index in [0.717, 1.165) is 32.0 Å². The molecule has 0 aromatic rings. The first-order valence-corrected chi connectivity index (χ1v) is 9.19. The molecule has 0 spiro atoms. The van der Waals surface area contributed by atoms with Crippen molar-refractivity contribution in [2.45, 2.75) is 13.0 Å². The lowest BCUT2D eigenvalue weighted by Crippen LogP contribution is -2.61. The number of urea groups is 1. The number of rotatable bonds is 6. The molecule has 0 aromatic heterocycles. The fourth-order valence-electron chi connectivity index (χ4n) is 3.55. The van der Waals surface area contributed by atoms with Crippen LogP contribution in [0.2, 0.25) is 0 Å². The third-order valence-electron chi connectivity index (χ3n) is 5.25. The molecule has 0 saturated carbocycles. The normalized spacial score (nSPS) is 25.2. The highest BCUT2D eigenvalue weighted by molar-refractivity contribution is 6.23. The summed E-state index contributed by atoms with van der Waals surface area (Å²) >= 11 is 0.